The zero-order valence-corrected chi connectivity index (χ0v) is 40.3. The Bertz CT molecular complexity index is 1710. The van der Waals surface area contributed by atoms with Gasteiger partial charge in [0.05, 0.1) is 43.7 Å². The molecule has 26 atom stereocenters. The van der Waals surface area contributed by atoms with Crippen LogP contribution in [0.3, 0.4) is 0 Å². The largest absolute Gasteiger partial charge is 0.394 e. The monoisotopic (exact) mass is 963 g/mol. The summed E-state index contributed by atoms with van der Waals surface area (Å²) < 4.78 is 37.1. The van der Waals surface area contributed by atoms with Gasteiger partial charge < -0.3 is 94.8 Å². The second-order valence-electron chi connectivity index (χ2n) is 23.1. The minimum Gasteiger partial charge on any atom is -0.394 e. The van der Waals surface area contributed by atoms with Gasteiger partial charge in [-0.15, -0.1) is 0 Å². The lowest BCUT2D eigenvalue weighted by Crippen LogP contribution is -2.71. The molecule has 4 saturated carbocycles. The molecule has 0 radical (unpaired) electrons. The molecule has 0 aromatic heterocycles. The van der Waals surface area contributed by atoms with Gasteiger partial charge >= 0.3 is 0 Å². The standard InChI is InChI=1S/C48H82O19/c1-21(2)10-9-13-48(8,67-43-39(61)35(57)32(54)26(19-50)65-43)22-11-15-46(6)30(22)23(51)16-28-45(5)14-12-29(52)44(3,4)40(45)24(17-47(28,46)7)63-42-38(60)36(58)33(55)27(66-42)20-62-41-37(59)34(56)31(53)25(18-49)64-41/h10,22-43,49-61H,9,11-20H2,1-8H3/t22-,23-,24+,25-,26-,27-,28+,29-,30+,31-,32+,33+,34-,35+,36-,37-,38+,39-,40-,41+,42-,43+,45-,46+,47+,48-/m0/s1. The van der Waals surface area contributed by atoms with Crippen LogP contribution in [0.5, 0.6) is 0 Å². The van der Waals surface area contributed by atoms with Crippen LogP contribution in [-0.4, -0.2) is 202 Å². The Hall–Kier alpha value is -1.02. The molecular formula is C48H82O19. The maximum absolute atomic E-state index is 12.7. The number of allylic oxidation sites excluding steroid dienone is 2. The molecule has 19 nitrogen and oxygen atoms in total. The van der Waals surface area contributed by atoms with Crippen molar-refractivity contribution in [2.75, 3.05) is 19.8 Å². The SMILES string of the molecule is CC(C)=CCC[C@](C)(O[C@H]1O[C@@H](CO)[C@@H](O)[C@@H](O)[C@@H]1O)[C@H]1CC[C@]2(C)[C@H]1[C@@H](O)C[C@@H]1[C@]3(C)CC[C@H](O)C(C)(C)[C@@H]3[C@H](O[C@H]3O[C@@H](CO[C@@H]4O[C@@H](CO)[C@H](O)[C@H](O)[C@@H]4O)[C@@H](O)[C@H](O)[C@H]3O)C[C@]12C. The molecule has 0 aromatic carbocycles. The van der Waals surface area contributed by atoms with Gasteiger partial charge in [-0.3, -0.25) is 0 Å². The fourth-order valence-electron chi connectivity index (χ4n) is 14.8. The molecule has 3 aliphatic heterocycles. The highest BCUT2D eigenvalue weighted by molar-refractivity contribution is 5.22. The Morgan fingerprint density at radius 2 is 1.19 bits per heavy atom. The third kappa shape index (κ3) is 9.13. The summed E-state index contributed by atoms with van der Waals surface area (Å²) in [6.07, 6.45) is -19.3. The van der Waals surface area contributed by atoms with Crippen molar-refractivity contribution in [3.05, 3.63) is 11.6 Å². The Labute approximate surface area is 393 Å². The first kappa shape index (κ1) is 53.8. The second kappa shape index (κ2) is 19.8. The summed E-state index contributed by atoms with van der Waals surface area (Å²) in [5.41, 5.74) is -2.41. The van der Waals surface area contributed by atoms with E-state index in [1.807, 2.05) is 34.6 Å². The maximum Gasteiger partial charge on any atom is 0.187 e. The third-order valence-corrected chi connectivity index (χ3v) is 18.7. The van der Waals surface area contributed by atoms with E-state index in [2.05, 4.69) is 26.8 Å². The van der Waals surface area contributed by atoms with Gasteiger partial charge in [-0.1, -0.05) is 46.3 Å². The van der Waals surface area contributed by atoms with E-state index in [0.29, 0.717) is 51.4 Å². The molecule has 0 bridgehead atoms. The first-order valence-corrected chi connectivity index (χ1v) is 24.5. The fourth-order valence-corrected chi connectivity index (χ4v) is 14.8. The Balaban J connectivity index is 1.20. The summed E-state index contributed by atoms with van der Waals surface area (Å²) in [4.78, 5) is 0. The Morgan fingerprint density at radius 1 is 0.657 bits per heavy atom. The van der Waals surface area contributed by atoms with Crippen LogP contribution in [0.1, 0.15) is 107 Å². The van der Waals surface area contributed by atoms with Crippen LogP contribution >= 0.6 is 0 Å². The number of hydrogen-bond donors (Lipinski definition) is 13. The van der Waals surface area contributed by atoms with Gasteiger partial charge in [0.15, 0.2) is 18.9 Å². The van der Waals surface area contributed by atoms with Crippen molar-refractivity contribution >= 4 is 0 Å². The van der Waals surface area contributed by atoms with Gasteiger partial charge in [0.1, 0.15) is 73.2 Å². The average Bonchev–Trinajstić information content (AvgIpc) is 3.66. The van der Waals surface area contributed by atoms with Gasteiger partial charge in [0, 0.05) is 0 Å². The molecule has 3 saturated heterocycles. The molecule has 19 heteroatoms. The predicted molar refractivity (Wildman–Crippen MR) is 235 cm³/mol. The molecule has 7 rings (SSSR count). The number of aliphatic hydroxyl groups is 13. The van der Waals surface area contributed by atoms with E-state index in [-0.39, 0.29) is 23.7 Å². The number of rotatable bonds is 13. The van der Waals surface area contributed by atoms with Crippen LogP contribution in [0.25, 0.3) is 0 Å². The van der Waals surface area contributed by atoms with Crippen molar-refractivity contribution < 1.29 is 94.8 Å². The molecule has 7 aliphatic rings. The van der Waals surface area contributed by atoms with E-state index in [1.54, 1.807) is 0 Å². The van der Waals surface area contributed by atoms with Gasteiger partial charge in [0.25, 0.3) is 0 Å². The molecule has 7 fully saturated rings. The minimum absolute atomic E-state index is 0.0841. The third-order valence-electron chi connectivity index (χ3n) is 18.7. The molecule has 0 spiro atoms. The topological polar surface area (TPSA) is 318 Å². The second-order valence-corrected chi connectivity index (χ2v) is 23.1. The van der Waals surface area contributed by atoms with Crippen LogP contribution < -0.4 is 0 Å². The predicted octanol–water partition coefficient (Wildman–Crippen LogP) is -1.06. The lowest BCUT2D eigenvalue weighted by atomic mass is 9.34. The zero-order chi connectivity index (χ0) is 49.5. The summed E-state index contributed by atoms with van der Waals surface area (Å²) >= 11 is 0. The van der Waals surface area contributed by atoms with Crippen LogP contribution in [0.2, 0.25) is 0 Å². The number of ether oxygens (including phenoxy) is 6. The molecule has 3 heterocycles. The minimum atomic E-state index is -1.78. The zero-order valence-electron chi connectivity index (χ0n) is 40.3. The van der Waals surface area contributed by atoms with Gasteiger partial charge in [-0.05, 0) is 117 Å². The fraction of sp³-hybridized carbons (Fsp3) is 0.958. The molecule has 4 aliphatic carbocycles. The normalized spacial score (nSPS) is 52.9. The van der Waals surface area contributed by atoms with Crippen molar-refractivity contribution in [1.82, 2.24) is 0 Å². The average molecular weight is 963 g/mol. The summed E-state index contributed by atoms with van der Waals surface area (Å²) in [6.45, 7) is 14.7. The Morgan fingerprint density at radius 3 is 1.78 bits per heavy atom. The summed E-state index contributed by atoms with van der Waals surface area (Å²) in [5.74, 6) is -1.11. The molecule has 13 N–H and O–H groups in total. The van der Waals surface area contributed by atoms with E-state index in [0.717, 1.165) is 5.57 Å². The van der Waals surface area contributed by atoms with E-state index >= 15 is 0 Å². The van der Waals surface area contributed by atoms with Crippen molar-refractivity contribution in [3.8, 4) is 0 Å². The molecule has 67 heavy (non-hydrogen) atoms. The van der Waals surface area contributed by atoms with Crippen LogP contribution in [0.4, 0.5) is 0 Å². The Kier molecular flexibility index (Phi) is 15.9. The summed E-state index contributed by atoms with van der Waals surface area (Å²) in [6, 6.07) is 0. The number of fused-ring (bicyclic) bond motifs is 5. The highest BCUT2D eigenvalue weighted by atomic mass is 16.7. The smallest absolute Gasteiger partial charge is 0.187 e. The molecule has 0 aromatic rings. The van der Waals surface area contributed by atoms with E-state index in [4.69, 9.17) is 28.4 Å². The van der Waals surface area contributed by atoms with Gasteiger partial charge in [-0.25, -0.2) is 0 Å². The first-order valence-electron chi connectivity index (χ1n) is 24.5. The van der Waals surface area contributed by atoms with Crippen LogP contribution in [0.15, 0.2) is 11.6 Å². The highest BCUT2D eigenvalue weighted by Crippen LogP contribution is 2.76. The van der Waals surface area contributed by atoms with Crippen molar-refractivity contribution in [3.63, 3.8) is 0 Å². The lowest BCUT2D eigenvalue weighted by Gasteiger charge is -2.72. The van der Waals surface area contributed by atoms with Crippen molar-refractivity contribution in [2.45, 2.75) is 223 Å². The lowest BCUT2D eigenvalue weighted by molar-refractivity contribution is -0.357. The van der Waals surface area contributed by atoms with Crippen molar-refractivity contribution in [2.24, 2.45) is 45.3 Å². The summed E-state index contributed by atoms with van der Waals surface area (Å²) in [7, 11) is 0. The molecule has 0 amide bonds. The molecular weight excluding hydrogens is 881 g/mol. The van der Waals surface area contributed by atoms with E-state index < -0.39 is 158 Å². The molecule has 0 unspecified atom stereocenters. The number of aliphatic hydroxyl groups excluding tert-OH is 13. The van der Waals surface area contributed by atoms with Crippen LogP contribution in [0, 0.1) is 45.3 Å². The van der Waals surface area contributed by atoms with E-state index in [1.165, 1.54) is 0 Å². The quantitative estimate of drug-likeness (QED) is 0.0773. The summed E-state index contributed by atoms with van der Waals surface area (Å²) in [5, 5.41) is 142. The van der Waals surface area contributed by atoms with E-state index in [9.17, 15) is 66.4 Å². The van der Waals surface area contributed by atoms with Gasteiger partial charge in [0.2, 0.25) is 0 Å². The maximum atomic E-state index is 12.7. The highest BCUT2D eigenvalue weighted by Gasteiger charge is 2.74. The first-order chi connectivity index (χ1) is 31.2. The van der Waals surface area contributed by atoms with Crippen LogP contribution in [-0.2, 0) is 28.4 Å². The van der Waals surface area contributed by atoms with Crippen molar-refractivity contribution in [1.29, 1.82) is 0 Å². The number of hydrogen-bond acceptors (Lipinski definition) is 19. The van der Waals surface area contributed by atoms with Gasteiger partial charge in [-0.2, -0.15) is 0 Å². The molecule has 388 valence electrons.